The Labute approximate surface area is 212 Å². The summed E-state index contributed by atoms with van der Waals surface area (Å²) in [5.74, 6) is 0.231. The van der Waals surface area contributed by atoms with Gasteiger partial charge in [-0.2, -0.15) is 5.10 Å². The fourth-order valence-corrected chi connectivity index (χ4v) is 4.44. The number of rotatable bonds is 6. The van der Waals surface area contributed by atoms with Gasteiger partial charge < -0.3 is 11.1 Å². The highest BCUT2D eigenvalue weighted by Gasteiger charge is 2.25. The molecule has 37 heavy (non-hydrogen) atoms. The Morgan fingerprint density at radius 3 is 2.59 bits per heavy atom. The standard InChI is InChI=1S/C28H25N7O2/c1-4-16-30-26-23(24(29)33-34(26)3)27(36)31-17(2)25-32-21-15-14-18-10-8-9-13-20(18)22(21)28(37)35(25)19-11-6-5-7-12-19/h4-17H,1H2,2-3H3,(H2,29,33)(H,31,36)/b30-16-. The van der Waals surface area contributed by atoms with E-state index in [1.165, 1.54) is 17.0 Å². The average Bonchev–Trinajstić information content (AvgIpc) is 3.19. The van der Waals surface area contributed by atoms with Crippen molar-refractivity contribution >= 4 is 45.4 Å². The molecule has 3 N–H and O–H groups in total. The first-order valence-corrected chi connectivity index (χ1v) is 11.7. The zero-order valence-electron chi connectivity index (χ0n) is 20.4. The predicted octanol–water partition coefficient (Wildman–Crippen LogP) is 4.23. The van der Waals surface area contributed by atoms with Gasteiger partial charge >= 0.3 is 0 Å². The topological polar surface area (TPSA) is 120 Å². The zero-order valence-corrected chi connectivity index (χ0v) is 20.4. The van der Waals surface area contributed by atoms with E-state index in [0.717, 1.165) is 10.8 Å². The van der Waals surface area contributed by atoms with Gasteiger partial charge in [0.25, 0.3) is 11.5 Å². The minimum absolute atomic E-state index is 0.0433. The van der Waals surface area contributed by atoms with E-state index in [-0.39, 0.29) is 16.9 Å². The van der Waals surface area contributed by atoms with Crippen LogP contribution in [0, 0.1) is 0 Å². The van der Waals surface area contributed by atoms with Crippen LogP contribution in [0.4, 0.5) is 11.6 Å². The summed E-state index contributed by atoms with van der Waals surface area (Å²) in [5, 5.41) is 9.34. The molecule has 0 aliphatic carbocycles. The van der Waals surface area contributed by atoms with E-state index in [1.807, 2.05) is 66.7 Å². The molecule has 0 saturated heterocycles. The summed E-state index contributed by atoms with van der Waals surface area (Å²) in [6.07, 6.45) is 2.95. The summed E-state index contributed by atoms with van der Waals surface area (Å²) < 4.78 is 2.97. The number of fused-ring (bicyclic) bond motifs is 3. The minimum atomic E-state index is -0.660. The maximum atomic E-state index is 14.0. The van der Waals surface area contributed by atoms with Crippen LogP contribution in [0.2, 0.25) is 0 Å². The van der Waals surface area contributed by atoms with E-state index >= 15 is 0 Å². The third kappa shape index (κ3) is 4.16. The lowest BCUT2D eigenvalue weighted by Gasteiger charge is -2.20. The van der Waals surface area contributed by atoms with Crippen molar-refractivity contribution in [1.29, 1.82) is 0 Å². The lowest BCUT2D eigenvalue weighted by molar-refractivity contribution is 0.0939. The number of para-hydroxylation sites is 1. The van der Waals surface area contributed by atoms with Crippen LogP contribution in [0.25, 0.3) is 27.4 Å². The van der Waals surface area contributed by atoms with Gasteiger partial charge in [-0.05, 0) is 35.9 Å². The Morgan fingerprint density at radius 1 is 1.11 bits per heavy atom. The minimum Gasteiger partial charge on any atom is -0.381 e. The van der Waals surface area contributed by atoms with Gasteiger partial charge in [0.2, 0.25) is 0 Å². The zero-order chi connectivity index (χ0) is 26.1. The second-order valence-corrected chi connectivity index (χ2v) is 8.54. The highest BCUT2D eigenvalue weighted by Crippen LogP contribution is 2.27. The number of nitrogen functional groups attached to an aromatic ring is 1. The highest BCUT2D eigenvalue weighted by atomic mass is 16.2. The largest absolute Gasteiger partial charge is 0.381 e. The summed E-state index contributed by atoms with van der Waals surface area (Å²) in [7, 11) is 1.65. The fourth-order valence-electron chi connectivity index (χ4n) is 4.44. The van der Waals surface area contributed by atoms with E-state index in [9.17, 15) is 9.59 Å². The quantitative estimate of drug-likeness (QED) is 0.272. The number of benzene rings is 3. The Bertz CT molecular complexity index is 1750. The molecule has 9 heteroatoms. The number of hydrogen-bond donors (Lipinski definition) is 2. The van der Waals surface area contributed by atoms with Gasteiger partial charge in [0.1, 0.15) is 11.4 Å². The van der Waals surface area contributed by atoms with Crippen molar-refractivity contribution in [3.63, 3.8) is 0 Å². The molecule has 3 aromatic carbocycles. The number of carbonyl (C=O) groups is 1. The number of nitrogens with one attached hydrogen (secondary N) is 1. The van der Waals surface area contributed by atoms with Gasteiger partial charge in [0, 0.05) is 13.3 Å². The Balaban J connectivity index is 1.67. The molecule has 2 heterocycles. The van der Waals surface area contributed by atoms with Crippen LogP contribution in [0.1, 0.15) is 29.1 Å². The fraction of sp³-hybridized carbons (Fsp3) is 0.107. The van der Waals surface area contributed by atoms with Crippen molar-refractivity contribution in [2.45, 2.75) is 13.0 Å². The maximum absolute atomic E-state index is 14.0. The number of nitrogens with two attached hydrogens (primary N) is 1. The molecular formula is C28H25N7O2. The number of hydrogen-bond acceptors (Lipinski definition) is 6. The normalized spacial score (nSPS) is 12.3. The number of aliphatic imine (C=N–C) groups is 1. The maximum Gasteiger partial charge on any atom is 0.266 e. The van der Waals surface area contributed by atoms with Crippen LogP contribution >= 0.6 is 0 Å². The van der Waals surface area contributed by atoms with E-state index in [1.54, 1.807) is 18.5 Å². The molecular weight excluding hydrogens is 466 g/mol. The number of nitrogens with zero attached hydrogens (tertiary/aromatic N) is 5. The molecule has 1 amide bonds. The smallest absolute Gasteiger partial charge is 0.266 e. The molecule has 2 aromatic heterocycles. The monoisotopic (exact) mass is 491 g/mol. The Kier molecular flexibility index (Phi) is 6.10. The highest BCUT2D eigenvalue weighted by molar-refractivity contribution is 6.06. The Hall–Kier alpha value is -5.05. The van der Waals surface area contributed by atoms with Crippen LogP contribution in [0.3, 0.4) is 0 Å². The number of carbonyl (C=O) groups excluding carboxylic acids is 1. The molecule has 5 aromatic rings. The van der Waals surface area contributed by atoms with Gasteiger partial charge in [-0.25, -0.2) is 14.7 Å². The van der Waals surface area contributed by atoms with Crippen molar-refractivity contribution < 1.29 is 4.79 Å². The average molecular weight is 492 g/mol. The van der Waals surface area contributed by atoms with Crippen molar-refractivity contribution in [3.05, 3.63) is 101 Å². The second kappa shape index (κ2) is 9.54. The first-order valence-electron chi connectivity index (χ1n) is 11.7. The van der Waals surface area contributed by atoms with Gasteiger partial charge in [-0.3, -0.25) is 14.2 Å². The van der Waals surface area contributed by atoms with Crippen LogP contribution in [-0.4, -0.2) is 31.5 Å². The van der Waals surface area contributed by atoms with Crippen molar-refractivity contribution in [3.8, 4) is 5.69 Å². The van der Waals surface area contributed by atoms with Crippen LogP contribution < -0.4 is 16.6 Å². The third-order valence-electron chi connectivity index (χ3n) is 6.11. The van der Waals surface area contributed by atoms with E-state index in [4.69, 9.17) is 10.7 Å². The number of aromatic nitrogens is 4. The van der Waals surface area contributed by atoms with Gasteiger partial charge in [0.15, 0.2) is 11.6 Å². The molecule has 1 unspecified atom stereocenters. The molecule has 0 saturated carbocycles. The third-order valence-corrected chi connectivity index (χ3v) is 6.11. The number of allylic oxidation sites excluding steroid dienone is 1. The molecule has 184 valence electrons. The van der Waals surface area contributed by atoms with E-state index < -0.39 is 11.9 Å². The van der Waals surface area contributed by atoms with Gasteiger partial charge in [-0.1, -0.05) is 61.2 Å². The lowest BCUT2D eigenvalue weighted by atomic mass is 10.1. The molecule has 0 radical (unpaired) electrons. The summed E-state index contributed by atoms with van der Waals surface area (Å²) in [5.41, 5.74) is 7.14. The molecule has 5 rings (SSSR count). The first-order chi connectivity index (χ1) is 17.9. The molecule has 0 fully saturated rings. The molecule has 9 nitrogen and oxygen atoms in total. The van der Waals surface area contributed by atoms with Crippen molar-refractivity contribution in [2.24, 2.45) is 12.0 Å². The van der Waals surface area contributed by atoms with E-state index in [2.05, 4.69) is 22.0 Å². The molecule has 0 aliphatic rings. The van der Waals surface area contributed by atoms with Crippen LogP contribution in [0.5, 0.6) is 0 Å². The Morgan fingerprint density at radius 2 is 1.84 bits per heavy atom. The summed E-state index contributed by atoms with van der Waals surface area (Å²) in [4.78, 5) is 36.5. The molecule has 0 bridgehead atoms. The summed E-state index contributed by atoms with van der Waals surface area (Å²) >= 11 is 0. The van der Waals surface area contributed by atoms with Gasteiger partial charge in [-0.15, -0.1) is 0 Å². The second-order valence-electron chi connectivity index (χ2n) is 8.54. The first kappa shape index (κ1) is 23.7. The predicted molar refractivity (Wildman–Crippen MR) is 147 cm³/mol. The summed E-state index contributed by atoms with van der Waals surface area (Å²) in [6.45, 7) is 5.38. The molecule has 1 atom stereocenters. The molecule has 0 spiro atoms. The van der Waals surface area contributed by atoms with Crippen molar-refractivity contribution in [1.82, 2.24) is 24.6 Å². The summed E-state index contributed by atoms with van der Waals surface area (Å²) in [6, 6.07) is 20.0. The molecule has 0 aliphatic heterocycles. The van der Waals surface area contributed by atoms with Crippen molar-refractivity contribution in [2.75, 3.05) is 5.73 Å². The van der Waals surface area contributed by atoms with E-state index in [0.29, 0.717) is 28.2 Å². The SMILES string of the molecule is C=C/C=N\c1c(C(=O)NC(C)c2nc3ccc4ccccc4c3c(=O)n2-c2ccccc2)c(N)nn1C. The number of aryl methyl sites for hydroxylation is 1. The lowest BCUT2D eigenvalue weighted by Crippen LogP contribution is -2.33. The van der Waals surface area contributed by atoms with Crippen LogP contribution in [-0.2, 0) is 7.05 Å². The van der Waals surface area contributed by atoms with Crippen LogP contribution in [0.15, 0.2) is 89.2 Å². The van der Waals surface area contributed by atoms with Gasteiger partial charge in [0.05, 0.1) is 22.6 Å². The number of amides is 1. The number of anilines is 1.